The van der Waals surface area contributed by atoms with Crippen LogP contribution >= 0.6 is 0 Å². The Morgan fingerprint density at radius 2 is 0.786 bits per heavy atom. The van der Waals surface area contributed by atoms with Gasteiger partial charge in [-0.3, -0.25) is 19.2 Å². The lowest BCUT2D eigenvalue weighted by molar-refractivity contribution is -0.139. The number of nitrogens with one attached hydrogen (secondary N) is 9. The Kier molecular flexibility index (Phi) is 24.5. The zero-order valence-corrected chi connectivity index (χ0v) is 69.2. The minimum Gasteiger partial charge on any atom is -0.453 e. The molecule has 0 radical (unpaired) electrons. The van der Waals surface area contributed by atoms with Crippen LogP contribution in [-0.2, 0) is 56.3 Å². The number of likely N-dealkylation sites (tertiary alicyclic amines) is 4. The lowest BCUT2D eigenvalue weighted by atomic mass is 9.95. The van der Waals surface area contributed by atoms with Gasteiger partial charge in [0.2, 0.25) is 23.6 Å². The number of aromatic nitrogens is 10. The molecule has 0 bridgehead atoms. The largest absolute Gasteiger partial charge is 0.453 e. The summed E-state index contributed by atoms with van der Waals surface area (Å²) in [6.07, 6.45) is 15.1. The van der Waals surface area contributed by atoms with E-state index in [9.17, 15) is 38.4 Å². The fraction of sp³-hybridized carbons (Fsp3) is 0.448. The third-order valence-electron chi connectivity index (χ3n) is 23.8. The molecule has 8 amide bonds. The highest BCUT2D eigenvalue weighted by Crippen LogP contribution is 2.45. The number of fused-ring (bicyclic) bond motifs is 2. The third kappa shape index (κ3) is 16.6. The zero-order valence-electron chi connectivity index (χ0n) is 69.2. The van der Waals surface area contributed by atoms with Crippen molar-refractivity contribution in [3.05, 3.63) is 145 Å². The van der Waals surface area contributed by atoms with Gasteiger partial charge in [-0.25, -0.2) is 39.1 Å². The summed E-state index contributed by atoms with van der Waals surface area (Å²) in [5.74, 6) is 1.73. The molecule has 4 saturated heterocycles. The van der Waals surface area contributed by atoms with Crippen molar-refractivity contribution in [1.82, 2.24) is 90.3 Å². The topological polar surface area (TPSA) is 370 Å². The average Bonchev–Trinajstić information content (AvgIpc) is 1.61. The molecule has 0 aliphatic carbocycles. The summed E-state index contributed by atoms with van der Waals surface area (Å²) >= 11 is 0. The Balaban J connectivity index is 0.000000203. The highest BCUT2D eigenvalue weighted by atomic mass is 16.5. The number of H-pyrrole nitrogens is 5. The molecule has 4 aliphatic heterocycles. The van der Waals surface area contributed by atoms with Gasteiger partial charge in [0, 0.05) is 67.5 Å². The quantitative estimate of drug-likeness (QED) is 0.0285. The minimum atomic E-state index is -0.724. The van der Waals surface area contributed by atoms with E-state index in [1.165, 1.54) is 28.4 Å². The highest BCUT2D eigenvalue weighted by molar-refractivity contribution is 6.04. The van der Waals surface area contributed by atoms with E-state index in [0.717, 1.165) is 146 Å². The average molecular weight is 1600 g/mol. The molecule has 10 aromatic rings. The number of aromatic amines is 5. The van der Waals surface area contributed by atoms with Crippen LogP contribution in [0, 0.1) is 23.7 Å². The number of carbonyl (C=O) groups is 8. The number of ether oxygens (including phenoxy) is 4. The van der Waals surface area contributed by atoms with Crippen molar-refractivity contribution in [2.75, 3.05) is 54.6 Å². The van der Waals surface area contributed by atoms with E-state index in [0.29, 0.717) is 43.7 Å². The Morgan fingerprint density at radius 1 is 0.419 bits per heavy atom. The molecule has 30 nitrogen and oxygen atoms in total. The number of methoxy groups -OCH3 is 4. The van der Waals surface area contributed by atoms with Gasteiger partial charge in [0.15, 0.2) is 0 Å². The Morgan fingerprint density at radius 3 is 1.20 bits per heavy atom. The number of benzene rings is 4. The maximum Gasteiger partial charge on any atom is 0.407 e. The van der Waals surface area contributed by atoms with Crippen LogP contribution in [0.3, 0.4) is 0 Å². The standard InChI is InChI=1S/C44H55N9O6.C43H53N9O6/c1-25(2)35(49-42(56)58-7)39(54)52-20-9-11-34(52)38-45-23-32(47-38)28-14-12-27(13-15-28)29-16-17-31(37-30(29)18-22-51(37)6)33-24-46-41(48-33)44(5)19-10-21-53(44)40(55)36(26(3)4)50-43(57)59-8;1-24(2)34(49-41(55)57-6)38(53)51-20-8-10-33(51)37-45-22-31(47-37)27-13-11-26(12-14-27)28-15-16-30(36-29(28)17-19-44-36)32-23-46-40(48-32)43(5)18-9-21-52(43)39(54)35(25(3)4)50-42(56)58-7/h12-18,22-26,34-36H,9-11,19-21H2,1-8H3,(H,45,47)(H,46,48)(H,49,56)(H,50,57);11-17,19,22-25,33-35,44H,8-10,18,20-21H2,1-7H3,(H,45,47)(H,46,48)(H,49,55)(H,50,56)/t34-,35-,36-,44-;33-,34-,35-,43-/m00/s1. The molecule has 14 rings (SSSR count). The molecule has 8 atom stereocenters. The lowest BCUT2D eigenvalue weighted by Crippen LogP contribution is -2.55. The summed E-state index contributed by atoms with van der Waals surface area (Å²) < 4.78 is 21.3. The predicted molar refractivity (Wildman–Crippen MR) is 443 cm³/mol. The van der Waals surface area contributed by atoms with Crippen LogP contribution < -0.4 is 21.3 Å². The molecule has 0 spiro atoms. The first-order valence-corrected chi connectivity index (χ1v) is 40.3. The Hall–Kier alpha value is -12.2. The molecule has 10 heterocycles. The van der Waals surface area contributed by atoms with Gasteiger partial charge in [-0.15, -0.1) is 0 Å². The van der Waals surface area contributed by atoms with Crippen LogP contribution in [-0.4, -0.2) is 196 Å². The van der Waals surface area contributed by atoms with E-state index in [1.807, 2.05) is 121 Å². The SMILES string of the molecule is COC(=O)N[C@H](C(=O)N1CCC[C@H]1c1ncc(-c2ccc(-c3ccc(-c4cnc([C@]5(C)CCCN5C(=O)[C@@H](NC(=O)OC)C(C)C)[nH]4)c4[nH]ccc34)cc2)[nH]1)C(C)C.COC(=O)N[C@H](C(=O)N1CCC[C@H]1c1ncc(-c2ccc(-c3ccc(-c4cnc([C@]5(C)CCCN5C(=O)[C@@H](NC(=O)OC)C(C)C)[nH]4)c4c3ccn4C)cc2)[nH]1)C(C)C. The van der Waals surface area contributed by atoms with Gasteiger partial charge in [-0.05, 0) is 134 Å². The van der Waals surface area contributed by atoms with E-state index in [-0.39, 0.29) is 59.4 Å². The number of hydrogen-bond acceptors (Lipinski definition) is 16. The number of aryl methyl sites for hydroxylation is 1. The summed E-state index contributed by atoms with van der Waals surface area (Å²) in [6.45, 7) is 21.6. The van der Waals surface area contributed by atoms with Gasteiger partial charge in [0.05, 0.1) is 110 Å². The first kappa shape index (κ1) is 82.7. The molecule has 0 unspecified atom stereocenters. The van der Waals surface area contributed by atoms with Gasteiger partial charge in [-0.1, -0.05) is 128 Å². The zero-order chi connectivity index (χ0) is 83.5. The fourth-order valence-corrected chi connectivity index (χ4v) is 17.2. The summed E-state index contributed by atoms with van der Waals surface area (Å²) in [5.41, 5.74) is 12.1. The molecule has 4 aliphatic rings. The number of imidazole rings is 4. The third-order valence-corrected chi connectivity index (χ3v) is 23.8. The number of rotatable bonds is 22. The van der Waals surface area contributed by atoms with Gasteiger partial charge < -0.3 is 89.3 Å². The predicted octanol–water partition coefficient (Wildman–Crippen LogP) is 13.8. The highest BCUT2D eigenvalue weighted by Gasteiger charge is 2.49. The molecule has 0 saturated carbocycles. The monoisotopic (exact) mass is 1600 g/mol. The minimum absolute atomic E-state index is 0.112. The molecule has 618 valence electrons. The number of alkyl carbamates (subject to hydrolysis) is 4. The number of carbonyl (C=O) groups excluding carboxylic acids is 8. The fourth-order valence-electron chi connectivity index (χ4n) is 17.2. The second-order valence-electron chi connectivity index (χ2n) is 32.6. The second kappa shape index (κ2) is 34.7. The second-order valence-corrected chi connectivity index (χ2v) is 32.6. The van der Waals surface area contributed by atoms with Crippen molar-refractivity contribution < 1.29 is 57.3 Å². The summed E-state index contributed by atoms with van der Waals surface area (Å²) in [5, 5.41) is 13.0. The van der Waals surface area contributed by atoms with E-state index >= 15 is 0 Å². The Labute approximate surface area is 680 Å². The van der Waals surface area contributed by atoms with Gasteiger partial charge >= 0.3 is 24.4 Å². The van der Waals surface area contributed by atoms with Crippen molar-refractivity contribution >= 4 is 69.8 Å². The van der Waals surface area contributed by atoms with E-state index in [4.69, 9.17) is 38.9 Å². The van der Waals surface area contributed by atoms with Crippen LogP contribution in [0.2, 0.25) is 0 Å². The van der Waals surface area contributed by atoms with Crippen LogP contribution in [0.15, 0.2) is 122 Å². The van der Waals surface area contributed by atoms with Crippen LogP contribution in [0.1, 0.15) is 156 Å². The molecular formula is C87H108N18O12. The molecular weight excluding hydrogens is 1490 g/mol. The molecule has 30 heteroatoms. The van der Waals surface area contributed by atoms with Crippen molar-refractivity contribution in [3.63, 3.8) is 0 Å². The molecule has 117 heavy (non-hydrogen) atoms. The van der Waals surface area contributed by atoms with E-state index < -0.39 is 59.6 Å². The number of hydrogen-bond donors (Lipinski definition) is 9. The number of nitrogens with zero attached hydrogens (tertiary/aromatic N) is 9. The van der Waals surface area contributed by atoms with Gasteiger partial charge in [0.25, 0.3) is 0 Å². The van der Waals surface area contributed by atoms with Crippen molar-refractivity contribution in [2.24, 2.45) is 30.7 Å². The van der Waals surface area contributed by atoms with Crippen molar-refractivity contribution in [3.8, 4) is 67.3 Å². The summed E-state index contributed by atoms with van der Waals surface area (Å²) in [7, 11) is 7.19. The molecule has 6 aromatic heterocycles. The maximum atomic E-state index is 13.9. The summed E-state index contributed by atoms with van der Waals surface area (Å²) in [6, 6.07) is 26.0. The van der Waals surface area contributed by atoms with E-state index in [2.05, 4.69) is 142 Å². The van der Waals surface area contributed by atoms with Gasteiger partial charge in [-0.2, -0.15) is 0 Å². The van der Waals surface area contributed by atoms with Crippen molar-refractivity contribution in [1.29, 1.82) is 0 Å². The molecule has 4 aromatic carbocycles. The normalized spacial score (nSPS) is 19.1. The van der Waals surface area contributed by atoms with E-state index in [1.54, 1.807) is 6.20 Å². The van der Waals surface area contributed by atoms with Crippen LogP contribution in [0.25, 0.3) is 89.1 Å². The van der Waals surface area contributed by atoms with Crippen molar-refractivity contribution in [2.45, 2.75) is 168 Å². The number of amides is 8. The van der Waals surface area contributed by atoms with Gasteiger partial charge in [0.1, 0.15) is 47.5 Å². The molecule has 4 fully saturated rings. The smallest absolute Gasteiger partial charge is 0.407 e. The first-order valence-electron chi connectivity index (χ1n) is 40.3. The lowest BCUT2D eigenvalue weighted by Gasteiger charge is -2.37. The Bertz CT molecular complexity index is 5280. The van der Waals surface area contributed by atoms with Crippen LogP contribution in [0.4, 0.5) is 19.2 Å². The van der Waals surface area contributed by atoms with Crippen LogP contribution in [0.5, 0.6) is 0 Å². The molecule has 9 N–H and O–H groups in total. The maximum absolute atomic E-state index is 13.9. The summed E-state index contributed by atoms with van der Waals surface area (Å²) in [4.78, 5) is 147. The first-order chi connectivity index (χ1) is 56.1.